The molecule has 0 unspecified atom stereocenters. The van der Waals surface area contributed by atoms with E-state index in [0.717, 1.165) is 54.3 Å². The molecule has 2 aromatic heterocycles. The van der Waals surface area contributed by atoms with Crippen LogP contribution in [0, 0.1) is 0 Å². The van der Waals surface area contributed by atoms with E-state index in [4.69, 9.17) is 4.98 Å². The fourth-order valence-corrected chi connectivity index (χ4v) is 5.34. The van der Waals surface area contributed by atoms with Gasteiger partial charge in [0.1, 0.15) is 0 Å². The molecule has 0 radical (unpaired) electrons. The lowest BCUT2D eigenvalue weighted by molar-refractivity contribution is 0.0792. The van der Waals surface area contributed by atoms with E-state index >= 15 is 0 Å². The third kappa shape index (κ3) is 6.60. The predicted molar refractivity (Wildman–Crippen MR) is 148 cm³/mol. The minimum absolute atomic E-state index is 0.0774. The van der Waals surface area contributed by atoms with Crippen LogP contribution in [0.3, 0.4) is 0 Å². The van der Waals surface area contributed by atoms with Crippen LogP contribution in [-0.4, -0.2) is 45.1 Å². The van der Waals surface area contributed by atoms with Crippen molar-refractivity contribution in [1.29, 1.82) is 0 Å². The average molecular weight is 514 g/mol. The standard InChI is InChI=1S/C29H31N5O2S/c1-20(22-7-3-2-4-8-22)31-28(36)27-11-10-26(37-27)25-12-15-30-29(33-25)32-23-9-5-6-21(18-23)19-34-16-13-24(35)14-17-34/h2-12,15,18,20,24,35H,13-14,16-17,19H2,1H3,(H,31,36)(H,30,32,33)/t20-/m1/s1. The molecule has 1 fully saturated rings. The molecule has 3 N–H and O–H groups in total. The van der Waals surface area contributed by atoms with E-state index < -0.39 is 0 Å². The minimum atomic E-state index is -0.166. The highest BCUT2D eigenvalue weighted by Crippen LogP contribution is 2.28. The number of amides is 1. The monoisotopic (exact) mass is 513 g/mol. The lowest BCUT2D eigenvalue weighted by Crippen LogP contribution is -2.35. The summed E-state index contributed by atoms with van der Waals surface area (Å²) in [6.45, 7) is 4.66. The van der Waals surface area contributed by atoms with Gasteiger partial charge in [-0.25, -0.2) is 9.97 Å². The second kappa shape index (κ2) is 11.6. The Hall–Kier alpha value is -3.59. The maximum atomic E-state index is 12.8. The zero-order chi connectivity index (χ0) is 25.6. The molecule has 1 amide bonds. The molecule has 0 spiro atoms. The summed E-state index contributed by atoms with van der Waals surface area (Å²) in [6.07, 6.45) is 3.22. The highest BCUT2D eigenvalue weighted by molar-refractivity contribution is 7.17. The first-order chi connectivity index (χ1) is 18.0. The Labute approximate surface area is 221 Å². The zero-order valence-electron chi connectivity index (χ0n) is 20.8. The highest BCUT2D eigenvalue weighted by Gasteiger charge is 2.17. The first-order valence-electron chi connectivity index (χ1n) is 12.6. The number of aliphatic hydroxyl groups excluding tert-OH is 1. The molecule has 0 saturated carbocycles. The predicted octanol–water partition coefficient (Wildman–Crippen LogP) is 5.40. The van der Waals surface area contributed by atoms with E-state index in [2.05, 4.69) is 32.7 Å². The van der Waals surface area contributed by atoms with Crippen LogP contribution in [0.15, 0.2) is 79.0 Å². The molecule has 7 nitrogen and oxygen atoms in total. The van der Waals surface area contributed by atoms with Gasteiger partial charge in [-0.2, -0.15) is 0 Å². The molecule has 0 bridgehead atoms. The number of piperidine rings is 1. The van der Waals surface area contributed by atoms with Crippen molar-refractivity contribution in [3.63, 3.8) is 0 Å². The summed E-state index contributed by atoms with van der Waals surface area (Å²) in [4.78, 5) is 25.8. The van der Waals surface area contributed by atoms with Crippen molar-refractivity contribution in [2.24, 2.45) is 0 Å². The van der Waals surface area contributed by atoms with Crippen molar-refractivity contribution < 1.29 is 9.90 Å². The van der Waals surface area contributed by atoms with Crippen LogP contribution in [0.25, 0.3) is 10.6 Å². The Morgan fingerprint density at radius 3 is 2.70 bits per heavy atom. The largest absolute Gasteiger partial charge is 0.393 e. The molecular formula is C29H31N5O2S. The number of rotatable bonds is 8. The Kier molecular flexibility index (Phi) is 7.89. The van der Waals surface area contributed by atoms with Gasteiger partial charge in [0.2, 0.25) is 5.95 Å². The summed E-state index contributed by atoms with van der Waals surface area (Å²) in [6, 6.07) is 23.7. The molecule has 190 valence electrons. The van der Waals surface area contributed by atoms with Gasteiger partial charge in [-0.15, -0.1) is 11.3 Å². The number of hydrogen-bond donors (Lipinski definition) is 3. The van der Waals surface area contributed by atoms with Crippen LogP contribution in [0.2, 0.25) is 0 Å². The molecule has 1 aliphatic rings. The Bertz CT molecular complexity index is 1330. The Morgan fingerprint density at radius 2 is 1.89 bits per heavy atom. The van der Waals surface area contributed by atoms with Gasteiger partial charge in [-0.1, -0.05) is 42.5 Å². The number of hydrogen-bond acceptors (Lipinski definition) is 7. The number of aliphatic hydroxyl groups is 1. The maximum Gasteiger partial charge on any atom is 0.261 e. The molecule has 8 heteroatoms. The fraction of sp³-hybridized carbons (Fsp3) is 0.276. The molecule has 1 saturated heterocycles. The summed E-state index contributed by atoms with van der Waals surface area (Å²) in [5, 5.41) is 16.1. The lowest BCUT2D eigenvalue weighted by Gasteiger charge is -2.29. The minimum Gasteiger partial charge on any atom is -0.393 e. The van der Waals surface area contributed by atoms with Gasteiger partial charge in [0.25, 0.3) is 5.91 Å². The van der Waals surface area contributed by atoms with Crippen molar-refractivity contribution in [1.82, 2.24) is 20.2 Å². The van der Waals surface area contributed by atoms with Crippen molar-refractivity contribution in [2.45, 2.75) is 38.5 Å². The van der Waals surface area contributed by atoms with Crippen LogP contribution >= 0.6 is 11.3 Å². The van der Waals surface area contributed by atoms with Crippen LogP contribution < -0.4 is 10.6 Å². The quantitative estimate of drug-likeness (QED) is 0.292. The zero-order valence-corrected chi connectivity index (χ0v) is 21.6. The number of likely N-dealkylation sites (tertiary alicyclic amines) is 1. The number of carbonyl (C=O) groups excluding carboxylic acids is 1. The smallest absolute Gasteiger partial charge is 0.261 e. The summed E-state index contributed by atoms with van der Waals surface area (Å²) in [7, 11) is 0. The van der Waals surface area contributed by atoms with Gasteiger partial charge in [-0.3, -0.25) is 9.69 Å². The van der Waals surface area contributed by atoms with Gasteiger partial charge in [0.05, 0.1) is 27.6 Å². The molecule has 1 atom stereocenters. The van der Waals surface area contributed by atoms with Crippen molar-refractivity contribution in [3.05, 3.63) is 95.0 Å². The molecule has 4 aromatic rings. The molecule has 1 aliphatic heterocycles. The van der Waals surface area contributed by atoms with E-state index in [9.17, 15) is 9.90 Å². The molecular weight excluding hydrogens is 482 g/mol. The lowest BCUT2D eigenvalue weighted by atomic mass is 10.1. The molecule has 37 heavy (non-hydrogen) atoms. The number of carbonyl (C=O) groups is 1. The van der Waals surface area contributed by atoms with Crippen LogP contribution in [0.5, 0.6) is 0 Å². The third-order valence-corrected chi connectivity index (χ3v) is 7.64. The van der Waals surface area contributed by atoms with Gasteiger partial charge < -0.3 is 15.7 Å². The van der Waals surface area contributed by atoms with E-state index in [0.29, 0.717) is 10.8 Å². The summed E-state index contributed by atoms with van der Waals surface area (Å²) in [5.74, 6) is 0.410. The van der Waals surface area contributed by atoms with E-state index in [1.807, 2.05) is 67.6 Å². The Morgan fingerprint density at radius 1 is 1.08 bits per heavy atom. The van der Waals surface area contributed by atoms with Gasteiger partial charge >= 0.3 is 0 Å². The summed E-state index contributed by atoms with van der Waals surface area (Å²) < 4.78 is 0. The number of nitrogens with zero attached hydrogens (tertiary/aromatic N) is 3. The SMILES string of the molecule is C[C@@H](NC(=O)c1ccc(-c2ccnc(Nc3cccc(CN4CCC(O)CC4)c3)n2)s1)c1ccccc1. The first kappa shape index (κ1) is 25.1. The van der Waals surface area contributed by atoms with Crippen LogP contribution in [0.4, 0.5) is 11.6 Å². The van der Waals surface area contributed by atoms with E-state index in [1.54, 1.807) is 6.20 Å². The van der Waals surface area contributed by atoms with Gasteiger partial charge in [-0.05, 0) is 61.2 Å². The van der Waals surface area contributed by atoms with Crippen molar-refractivity contribution in [2.75, 3.05) is 18.4 Å². The topological polar surface area (TPSA) is 90.4 Å². The third-order valence-electron chi connectivity index (χ3n) is 6.53. The maximum absolute atomic E-state index is 12.8. The van der Waals surface area contributed by atoms with E-state index in [-0.39, 0.29) is 18.1 Å². The van der Waals surface area contributed by atoms with Crippen LogP contribution in [0.1, 0.15) is 46.6 Å². The highest BCUT2D eigenvalue weighted by atomic mass is 32.1. The normalized spacial score (nSPS) is 15.3. The van der Waals surface area contributed by atoms with Crippen molar-refractivity contribution in [3.8, 4) is 10.6 Å². The van der Waals surface area contributed by atoms with Gasteiger partial charge in [0, 0.05) is 31.5 Å². The van der Waals surface area contributed by atoms with Gasteiger partial charge in [0.15, 0.2) is 0 Å². The second-order valence-corrected chi connectivity index (χ2v) is 10.5. The number of anilines is 2. The molecule has 0 aliphatic carbocycles. The fourth-order valence-electron chi connectivity index (χ4n) is 4.46. The summed E-state index contributed by atoms with van der Waals surface area (Å²) in [5.41, 5.74) is 3.96. The average Bonchev–Trinajstić information content (AvgIpc) is 3.42. The summed E-state index contributed by atoms with van der Waals surface area (Å²) >= 11 is 1.41. The molecule has 3 heterocycles. The Balaban J connectivity index is 1.23. The number of thiophene rings is 1. The molecule has 2 aromatic carbocycles. The molecule has 5 rings (SSSR count). The number of nitrogens with one attached hydrogen (secondary N) is 2. The van der Waals surface area contributed by atoms with E-state index in [1.165, 1.54) is 16.9 Å². The van der Waals surface area contributed by atoms with Crippen LogP contribution in [-0.2, 0) is 6.54 Å². The second-order valence-electron chi connectivity index (χ2n) is 9.37. The number of aromatic nitrogens is 2. The number of benzene rings is 2. The van der Waals surface area contributed by atoms with Crippen molar-refractivity contribution >= 4 is 28.9 Å². The first-order valence-corrected chi connectivity index (χ1v) is 13.4.